The minimum Gasteiger partial charge on any atom is -0.297 e. The van der Waals surface area contributed by atoms with Gasteiger partial charge in [0, 0.05) is 12.5 Å². The zero-order valence-corrected chi connectivity index (χ0v) is 13.7. The second-order valence-electron chi connectivity index (χ2n) is 6.29. The Morgan fingerprint density at radius 2 is 2.15 bits per heavy atom. The van der Waals surface area contributed by atoms with Crippen LogP contribution in [-0.2, 0) is 0 Å². The predicted octanol–water partition coefficient (Wildman–Crippen LogP) is 3.39. The van der Waals surface area contributed by atoms with Crippen molar-refractivity contribution in [3.05, 3.63) is 15.9 Å². The maximum atomic E-state index is 9.66. The molecule has 0 spiro atoms. The monoisotopic (exact) mass is 336 g/mol. The molecule has 3 rings (SSSR count). The van der Waals surface area contributed by atoms with E-state index < -0.39 is 0 Å². The van der Waals surface area contributed by atoms with E-state index in [0.29, 0.717) is 12.1 Å². The molecule has 20 heavy (non-hydrogen) atoms. The smallest absolute Gasteiger partial charge is 0.109 e. The van der Waals surface area contributed by atoms with Crippen LogP contribution in [0.4, 0.5) is 0 Å². The number of hydrogen-bond acceptors (Lipinski definition) is 3. The van der Waals surface area contributed by atoms with Gasteiger partial charge in [0.2, 0.25) is 0 Å². The summed E-state index contributed by atoms with van der Waals surface area (Å²) in [4.78, 5) is 0. The Hall–Kier alpha value is -0.860. The maximum absolute atomic E-state index is 9.66. The number of aryl methyl sites for hydroxylation is 1. The third-order valence-electron chi connectivity index (χ3n) is 4.58. The van der Waals surface area contributed by atoms with Crippen molar-refractivity contribution in [2.75, 3.05) is 0 Å². The highest BCUT2D eigenvalue weighted by atomic mass is 79.9. The minimum atomic E-state index is -0.344. The van der Waals surface area contributed by atoms with Crippen LogP contribution in [0.3, 0.4) is 0 Å². The van der Waals surface area contributed by atoms with E-state index in [-0.39, 0.29) is 5.54 Å². The van der Waals surface area contributed by atoms with E-state index >= 15 is 0 Å². The molecular formula is C15H21BrN4. The molecular weight excluding hydrogens is 316 g/mol. The summed E-state index contributed by atoms with van der Waals surface area (Å²) in [5, 5.41) is 17.9. The molecule has 2 fully saturated rings. The lowest BCUT2D eigenvalue weighted by atomic mass is 9.79. The molecule has 0 amide bonds. The average molecular weight is 337 g/mol. The number of hydrogen-bond donors (Lipinski definition) is 1. The Morgan fingerprint density at radius 1 is 1.40 bits per heavy atom. The van der Waals surface area contributed by atoms with Gasteiger partial charge in [-0.05, 0) is 61.9 Å². The number of rotatable bonds is 3. The van der Waals surface area contributed by atoms with Crippen LogP contribution in [0, 0.1) is 25.2 Å². The average Bonchev–Trinajstić information content (AvgIpc) is 3.22. The summed E-state index contributed by atoms with van der Waals surface area (Å²) in [6, 6.07) is 3.47. The van der Waals surface area contributed by atoms with Crippen LogP contribution in [-0.4, -0.2) is 21.4 Å². The lowest BCUT2D eigenvalue weighted by Crippen LogP contribution is -2.49. The van der Waals surface area contributed by atoms with Gasteiger partial charge in [-0.15, -0.1) is 0 Å². The van der Waals surface area contributed by atoms with Crippen LogP contribution in [0.25, 0.3) is 0 Å². The summed E-state index contributed by atoms with van der Waals surface area (Å²) in [6.45, 7) is 4.12. The highest BCUT2D eigenvalue weighted by Gasteiger charge is 2.41. The van der Waals surface area contributed by atoms with E-state index in [0.717, 1.165) is 35.8 Å². The number of nitrogens with zero attached hydrogens (tertiary/aromatic N) is 3. The maximum Gasteiger partial charge on any atom is 0.109 e. The molecule has 108 valence electrons. The largest absolute Gasteiger partial charge is 0.297 e. The van der Waals surface area contributed by atoms with Gasteiger partial charge in [0.1, 0.15) is 5.54 Å². The van der Waals surface area contributed by atoms with Gasteiger partial charge in [0.15, 0.2) is 0 Å². The molecule has 4 nitrogen and oxygen atoms in total. The Kier molecular flexibility index (Phi) is 3.64. The van der Waals surface area contributed by atoms with Gasteiger partial charge in [-0.1, -0.05) is 0 Å². The van der Waals surface area contributed by atoms with Crippen molar-refractivity contribution in [3.63, 3.8) is 0 Å². The summed E-state index contributed by atoms with van der Waals surface area (Å²) < 4.78 is 3.22. The van der Waals surface area contributed by atoms with E-state index in [1.54, 1.807) is 0 Å². The molecule has 2 aliphatic rings. The molecule has 0 aliphatic heterocycles. The van der Waals surface area contributed by atoms with Crippen LogP contribution in [0.1, 0.15) is 56.0 Å². The fourth-order valence-electron chi connectivity index (χ4n) is 3.34. The fourth-order valence-corrected chi connectivity index (χ4v) is 3.60. The minimum absolute atomic E-state index is 0.333. The third-order valence-corrected chi connectivity index (χ3v) is 5.73. The normalized spacial score (nSPS) is 30.2. The Bertz CT molecular complexity index is 555. The second-order valence-corrected chi connectivity index (χ2v) is 7.09. The number of halogens is 1. The van der Waals surface area contributed by atoms with Gasteiger partial charge in [-0.2, -0.15) is 10.4 Å². The second kappa shape index (κ2) is 5.16. The van der Waals surface area contributed by atoms with Crippen LogP contribution in [0.2, 0.25) is 0 Å². The topological polar surface area (TPSA) is 53.6 Å². The van der Waals surface area contributed by atoms with Gasteiger partial charge >= 0.3 is 0 Å². The summed E-state index contributed by atoms with van der Waals surface area (Å²) in [6.07, 6.45) is 6.49. The van der Waals surface area contributed by atoms with Crippen molar-refractivity contribution in [2.24, 2.45) is 0 Å². The molecule has 2 saturated carbocycles. The number of nitriles is 1. The molecule has 5 heteroatoms. The van der Waals surface area contributed by atoms with Gasteiger partial charge in [0.25, 0.3) is 0 Å². The van der Waals surface area contributed by atoms with E-state index in [2.05, 4.69) is 44.0 Å². The highest BCUT2D eigenvalue weighted by molar-refractivity contribution is 9.10. The van der Waals surface area contributed by atoms with E-state index in [4.69, 9.17) is 0 Å². The molecule has 0 bridgehead atoms. The van der Waals surface area contributed by atoms with Crippen molar-refractivity contribution in [3.8, 4) is 6.07 Å². The van der Waals surface area contributed by atoms with Gasteiger partial charge in [0.05, 0.1) is 28.0 Å². The van der Waals surface area contributed by atoms with Crippen molar-refractivity contribution < 1.29 is 0 Å². The van der Waals surface area contributed by atoms with Crippen LogP contribution in [0.5, 0.6) is 0 Å². The quantitative estimate of drug-likeness (QED) is 0.920. The first-order valence-corrected chi connectivity index (χ1v) is 8.24. The standard InChI is InChI=1S/C15H21BrN4/c1-10-14(16)11(2)20(19-10)13-4-3-7-15(8-13,9-17)18-12-5-6-12/h12-13,18H,3-8H2,1-2H3. The first kappa shape index (κ1) is 14.1. The molecule has 1 aromatic heterocycles. The van der Waals surface area contributed by atoms with E-state index in [1.165, 1.54) is 18.5 Å². The SMILES string of the molecule is Cc1nn(C2CCCC(C#N)(NC3CC3)C2)c(C)c1Br. The zero-order valence-electron chi connectivity index (χ0n) is 12.1. The van der Waals surface area contributed by atoms with Crippen LogP contribution < -0.4 is 5.32 Å². The zero-order chi connectivity index (χ0) is 14.3. The highest BCUT2D eigenvalue weighted by Crippen LogP contribution is 2.39. The molecule has 2 aliphatic carbocycles. The summed E-state index contributed by atoms with van der Waals surface area (Å²) >= 11 is 3.60. The van der Waals surface area contributed by atoms with Crippen LogP contribution in [0.15, 0.2) is 4.47 Å². The lowest BCUT2D eigenvalue weighted by Gasteiger charge is -2.37. The van der Waals surface area contributed by atoms with Crippen molar-refractivity contribution in [2.45, 2.75) is 70.0 Å². The molecule has 2 atom stereocenters. The van der Waals surface area contributed by atoms with Crippen molar-refractivity contribution >= 4 is 15.9 Å². The predicted molar refractivity (Wildman–Crippen MR) is 81.4 cm³/mol. The summed E-state index contributed by atoms with van der Waals surface area (Å²) in [5.74, 6) is 0. The molecule has 1 aromatic rings. The fraction of sp³-hybridized carbons (Fsp3) is 0.733. The number of aromatic nitrogens is 2. The first-order valence-electron chi connectivity index (χ1n) is 7.45. The number of nitrogens with one attached hydrogen (secondary N) is 1. The van der Waals surface area contributed by atoms with Gasteiger partial charge in [-0.25, -0.2) is 0 Å². The summed E-state index contributed by atoms with van der Waals surface area (Å²) in [5.41, 5.74) is 1.86. The Labute approximate surface area is 128 Å². The van der Waals surface area contributed by atoms with Crippen molar-refractivity contribution in [1.29, 1.82) is 5.26 Å². The Morgan fingerprint density at radius 3 is 2.70 bits per heavy atom. The molecule has 0 aromatic carbocycles. The van der Waals surface area contributed by atoms with Gasteiger partial charge < -0.3 is 0 Å². The third kappa shape index (κ3) is 2.51. The van der Waals surface area contributed by atoms with Crippen molar-refractivity contribution in [1.82, 2.24) is 15.1 Å². The molecule has 0 radical (unpaired) electrons. The van der Waals surface area contributed by atoms with Gasteiger partial charge in [-0.3, -0.25) is 10.00 Å². The Balaban J connectivity index is 1.83. The molecule has 0 saturated heterocycles. The van der Waals surface area contributed by atoms with E-state index in [1.807, 2.05) is 6.92 Å². The first-order chi connectivity index (χ1) is 9.54. The lowest BCUT2D eigenvalue weighted by molar-refractivity contribution is 0.216. The van der Waals surface area contributed by atoms with E-state index in [9.17, 15) is 5.26 Å². The summed E-state index contributed by atoms with van der Waals surface area (Å²) in [7, 11) is 0. The molecule has 1 N–H and O–H groups in total. The molecule has 1 heterocycles. The molecule has 2 unspecified atom stereocenters. The van der Waals surface area contributed by atoms with Crippen LogP contribution >= 0.6 is 15.9 Å².